The molecule has 1 aromatic rings. The highest BCUT2D eigenvalue weighted by Gasteiger charge is 2.13. The van der Waals surface area contributed by atoms with Gasteiger partial charge >= 0.3 is 0 Å². The van der Waals surface area contributed by atoms with Crippen molar-refractivity contribution < 1.29 is 9.59 Å². The van der Waals surface area contributed by atoms with Crippen molar-refractivity contribution in [3.63, 3.8) is 0 Å². The number of carbonyl (C=O) groups excluding carboxylic acids is 2. The minimum atomic E-state index is -0.397. The maximum Gasteiger partial charge on any atom is 0.238 e. The molecule has 2 amide bonds. The molecule has 20 heavy (non-hydrogen) atoms. The Kier molecular flexibility index (Phi) is 7.25. The number of carbonyl (C=O) groups is 2. The molecule has 0 aliphatic rings. The summed E-state index contributed by atoms with van der Waals surface area (Å²) in [7, 11) is 0. The molecule has 3 N–H and O–H groups in total. The molecule has 1 rings (SSSR count). The molecular weight excluding hydrogens is 322 g/mol. The molecule has 0 fully saturated rings. The van der Waals surface area contributed by atoms with Crippen LogP contribution in [0.3, 0.4) is 0 Å². The van der Waals surface area contributed by atoms with E-state index in [-0.39, 0.29) is 18.4 Å². The predicted molar refractivity (Wildman–Crippen MR) is 83.5 cm³/mol. The molecule has 0 bridgehead atoms. The third-order valence-corrected chi connectivity index (χ3v) is 3.35. The van der Waals surface area contributed by atoms with Crippen molar-refractivity contribution in [2.24, 2.45) is 0 Å². The van der Waals surface area contributed by atoms with Crippen LogP contribution in [0.2, 0.25) is 0 Å². The zero-order valence-electron chi connectivity index (χ0n) is 11.7. The summed E-state index contributed by atoms with van der Waals surface area (Å²) in [5.41, 5.74) is 0.711. The minimum absolute atomic E-state index is 0.0854. The Bertz CT molecular complexity index is 465. The van der Waals surface area contributed by atoms with Crippen molar-refractivity contribution in [3.8, 4) is 0 Å². The van der Waals surface area contributed by atoms with Crippen LogP contribution in [0.25, 0.3) is 0 Å². The Morgan fingerprint density at radius 3 is 2.65 bits per heavy atom. The number of para-hydroxylation sites is 1. The van der Waals surface area contributed by atoms with Gasteiger partial charge in [-0.3, -0.25) is 14.9 Å². The molecule has 0 radical (unpaired) electrons. The van der Waals surface area contributed by atoms with E-state index in [4.69, 9.17) is 0 Å². The second-order valence-electron chi connectivity index (χ2n) is 4.42. The van der Waals surface area contributed by atoms with Crippen LogP contribution in [0, 0.1) is 0 Å². The molecule has 0 aliphatic carbocycles. The monoisotopic (exact) mass is 341 g/mol. The molecule has 1 unspecified atom stereocenters. The normalized spacial score (nSPS) is 11.8. The molecule has 0 saturated heterocycles. The number of halogens is 1. The summed E-state index contributed by atoms with van der Waals surface area (Å²) in [6.07, 6.45) is 0.890. The Hall–Kier alpha value is -1.40. The van der Waals surface area contributed by atoms with Crippen molar-refractivity contribution in [1.82, 2.24) is 10.6 Å². The second kappa shape index (κ2) is 8.71. The summed E-state index contributed by atoms with van der Waals surface area (Å²) in [5, 5.41) is 8.43. The largest absolute Gasteiger partial charge is 0.355 e. The molecule has 110 valence electrons. The van der Waals surface area contributed by atoms with Crippen molar-refractivity contribution in [3.05, 3.63) is 28.7 Å². The molecule has 1 atom stereocenters. The Balaban J connectivity index is 2.36. The maximum atomic E-state index is 11.8. The summed E-state index contributed by atoms with van der Waals surface area (Å²) in [4.78, 5) is 23.4. The average Bonchev–Trinajstić information content (AvgIpc) is 2.44. The number of hydrogen-bond acceptors (Lipinski definition) is 3. The Morgan fingerprint density at radius 2 is 2.00 bits per heavy atom. The first-order valence-electron chi connectivity index (χ1n) is 6.60. The summed E-state index contributed by atoms with van der Waals surface area (Å²) < 4.78 is 0.821. The van der Waals surface area contributed by atoms with E-state index in [0.29, 0.717) is 12.2 Å². The van der Waals surface area contributed by atoms with Crippen LogP contribution in [0.1, 0.15) is 20.3 Å². The van der Waals surface area contributed by atoms with E-state index in [1.54, 1.807) is 13.0 Å². The molecule has 0 spiro atoms. The smallest absolute Gasteiger partial charge is 0.238 e. The van der Waals surface area contributed by atoms with Gasteiger partial charge < -0.3 is 10.6 Å². The maximum absolute atomic E-state index is 11.8. The molecule has 0 heterocycles. The van der Waals surface area contributed by atoms with Crippen LogP contribution < -0.4 is 16.0 Å². The van der Waals surface area contributed by atoms with Crippen LogP contribution in [0.5, 0.6) is 0 Å². The molecule has 0 aliphatic heterocycles. The molecule has 0 aromatic heterocycles. The number of nitrogens with one attached hydrogen (secondary N) is 3. The van der Waals surface area contributed by atoms with E-state index in [2.05, 4.69) is 31.9 Å². The number of benzene rings is 1. The third-order valence-electron chi connectivity index (χ3n) is 2.66. The summed E-state index contributed by atoms with van der Waals surface area (Å²) >= 11 is 3.36. The molecular formula is C14H20BrN3O2. The Morgan fingerprint density at radius 1 is 1.30 bits per heavy atom. The van der Waals surface area contributed by atoms with Gasteiger partial charge in [0.25, 0.3) is 0 Å². The number of hydrogen-bond donors (Lipinski definition) is 3. The number of anilines is 1. The van der Waals surface area contributed by atoms with Gasteiger partial charge in [-0.25, -0.2) is 0 Å². The first kappa shape index (κ1) is 16.7. The van der Waals surface area contributed by atoms with Crippen LogP contribution in [-0.4, -0.2) is 30.9 Å². The van der Waals surface area contributed by atoms with E-state index >= 15 is 0 Å². The topological polar surface area (TPSA) is 70.2 Å². The van der Waals surface area contributed by atoms with Gasteiger partial charge in [0.15, 0.2) is 0 Å². The highest BCUT2D eigenvalue weighted by atomic mass is 79.9. The standard InChI is InChI=1S/C14H20BrN3O2/c1-3-8-16-14(20)10(2)17-9-13(19)18-12-7-5-4-6-11(12)15/h4-7,10,17H,3,8-9H2,1-2H3,(H,16,20)(H,18,19). The lowest BCUT2D eigenvalue weighted by Gasteiger charge is -2.14. The quantitative estimate of drug-likeness (QED) is 0.709. The van der Waals surface area contributed by atoms with Gasteiger partial charge in [-0.1, -0.05) is 19.1 Å². The lowest BCUT2D eigenvalue weighted by Crippen LogP contribution is -2.45. The SMILES string of the molecule is CCCNC(=O)C(C)NCC(=O)Nc1ccccc1Br. The van der Waals surface area contributed by atoms with Gasteiger partial charge in [-0.2, -0.15) is 0 Å². The van der Waals surface area contributed by atoms with E-state index in [1.807, 2.05) is 25.1 Å². The minimum Gasteiger partial charge on any atom is -0.355 e. The van der Waals surface area contributed by atoms with Gasteiger partial charge in [0.05, 0.1) is 18.3 Å². The van der Waals surface area contributed by atoms with E-state index < -0.39 is 6.04 Å². The first-order chi connectivity index (χ1) is 9.54. The fourth-order valence-corrected chi connectivity index (χ4v) is 1.88. The zero-order valence-corrected chi connectivity index (χ0v) is 13.3. The van der Waals surface area contributed by atoms with Crippen molar-refractivity contribution >= 4 is 33.4 Å². The third kappa shape index (κ3) is 5.71. The van der Waals surface area contributed by atoms with Gasteiger partial charge in [0, 0.05) is 11.0 Å². The molecule has 6 heteroatoms. The second-order valence-corrected chi connectivity index (χ2v) is 5.28. The molecule has 5 nitrogen and oxygen atoms in total. The molecule has 1 aromatic carbocycles. The Labute approximate surface area is 127 Å². The summed E-state index contributed by atoms with van der Waals surface area (Å²) in [6, 6.07) is 6.97. The lowest BCUT2D eigenvalue weighted by atomic mass is 10.3. The number of amides is 2. The highest BCUT2D eigenvalue weighted by Crippen LogP contribution is 2.20. The van der Waals surface area contributed by atoms with Gasteiger partial charge in [-0.05, 0) is 41.4 Å². The average molecular weight is 342 g/mol. The van der Waals surface area contributed by atoms with Crippen LogP contribution >= 0.6 is 15.9 Å². The first-order valence-corrected chi connectivity index (χ1v) is 7.39. The van der Waals surface area contributed by atoms with E-state index in [1.165, 1.54) is 0 Å². The highest BCUT2D eigenvalue weighted by molar-refractivity contribution is 9.10. The van der Waals surface area contributed by atoms with Gasteiger partial charge in [-0.15, -0.1) is 0 Å². The van der Waals surface area contributed by atoms with Crippen molar-refractivity contribution in [2.75, 3.05) is 18.4 Å². The van der Waals surface area contributed by atoms with Crippen LogP contribution in [0.4, 0.5) is 5.69 Å². The summed E-state index contributed by atoms with van der Waals surface area (Å²) in [5.74, 6) is -0.285. The zero-order chi connectivity index (χ0) is 15.0. The predicted octanol–water partition coefficient (Wildman–Crippen LogP) is 1.89. The van der Waals surface area contributed by atoms with Crippen molar-refractivity contribution in [1.29, 1.82) is 0 Å². The van der Waals surface area contributed by atoms with Gasteiger partial charge in [0.1, 0.15) is 0 Å². The lowest BCUT2D eigenvalue weighted by molar-refractivity contribution is -0.123. The molecule has 0 saturated carbocycles. The van der Waals surface area contributed by atoms with Crippen LogP contribution in [0.15, 0.2) is 28.7 Å². The summed E-state index contributed by atoms with van der Waals surface area (Å²) in [6.45, 7) is 4.45. The van der Waals surface area contributed by atoms with Crippen molar-refractivity contribution in [2.45, 2.75) is 26.3 Å². The number of rotatable bonds is 7. The fourth-order valence-electron chi connectivity index (χ4n) is 1.50. The van der Waals surface area contributed by atoms with Crippen LogP contribution in [-0.2, 0) is 9.59 Å². The van der Waals surface area contributed by atoms with E-state index in [0.717, 1.165) is 10.9 Å². The van der Waals surface area contributed by atoms with Gasteiger partial charge in [0.2, 0.25) is 11.8 Å². The fraction of sp³-hybridized carbons (Fsp3) is 0.429. The van der Waals surface area contributed by atoms with E-state index in [9.17, 15) is 9.59 Å².